The number of carbonyl (C=O) groups is 1. The van der Waals surface area contributed by atoms with Gasteiger partial charge in [-0.2, -0.15) is 0 Å². The lowest BCUT2D eigenvalue weighted by Crippen LogP contribution is -1.99. The van der Waals surface area contributed by atoms with Crippen molar-refractivity contribution in [1.29, 1.82) is 0 Å². The summed E-state index contributed by atoms with van der Waals surface area (Å²) in [5, 5.41) is 0.700. The van der Waals surface area contributed by atoms with Gasteiger partial charge in [-0.05, 0) is 46.6 Å². The molecule has 0 aliphatic carbocycles. The average molecular weight is 350 g/mol. The first kappa shape index (κ1) is 13.1. The van der Waals surface area contributed by atoms with Crippen LogP contribution in [-0.2, 0) is 0 Å². The minimum absolute atomic E-state index is 0.101. The van der Waals surface area contributed by atoms with Crippen molar-refractivity contribution >= 4 is 56.3 Å². The van der Waals surface area contributed by atoms with Gasteiger partial charge in [0, 0.05) is 5.56 Å². The molecule has 1 nitrogen and oxygen atoms in total. The zero-order valence-corrected chi connectivity index (χ0v) is 12.7. The zero-order valence-electron chi connectivity index (χ0n) is 8.76. The molecule has 0 bridgehead atoms. The summed E-state index contributed by atoms with van der Waals surface area (Å²) in [5.74, 6) is -0.101. The molecule has 0 saturated heterocycles. The molecule has 0 saturated carbocycles. The lowest BCUT2D eigenvalue weighted by Gasteiger charge is -2.02. The van der Waals surface area contributed by atoms with Crippen LogP contribution in [0.5, 0.6) is 0 Å². The number of halogens is 3. The molecule has 88 valence electrons. The van der Waals surface area contributed by atoms with Gasteiger partial charge in [0.25, 0.3) is 0 Å². The zero-order chi connectivity index (χ0) is 12.6. The molecule has 5 heteroatoms. The largest absolute Gasteiger partial charge is 0.288 e. The van der Waals surface area contributed by atoms with E-state index in [9.17, 15) is 4.79 Å². The Bertz CT molecular complexity index is 573. The van der Waals surface area contributed by atoms with E-state index >= 15 is 0 Å². The van der Waals surface area contributed by atoms with Crippen LogP contribution in [0.15, 0.2) is 28.1 Å². The van der Waals surface area contributed by atoms with Crippen LogP contribution >= 0.6 is 50.5 Å². The van der Waals surface area contributed by atoms with Crippen LogP contribution in [0.25, 0.3) is 0 Å². The van der Waals surface area contributed by atoms with E-state index in [4.69, 9.17) is 23.2 Å². The van der Waals surface area contributed by atoms with Gasteiger partial charge in [0.2, 0.25) is 5.78 Å². The third-order valence-electron chi connectivity index (χ3n) is 2.28. The minimum Gasteiger partial charge on any atom is -0.288 e. The van der Waals surface area contributed by atoms with E-state index in [1.54, 1.807) is 18.2 Å². The number of carbonyl (C=O) groups excluding carboxylic acids is 1. The van der Waals surface area contributed by atoms with Crippen LogP contribution in [0.3, 0.4) is 0 Å². The molecule has 0 fully saturated rings. The minimum atomic E-state index is -0.101. The molecule has 0 spiro atoms. The first-order valence-electron chi connectivity index (χ1n) is 4.75. The Hall–Kier alpha value is -0.350. The third kappa shape index (κ3) is 2.58. The van der Waals surface area contributed by atoms with Gasteiger partial charge in [-0.15, -0.1) is 11.3 Å². The van der Waals surface area contributed by atoms with Gasteiger partial charge in [0.15, 0.2) is 0 Å². The van der Waals surface area contributed by atoms with E-state index < -0.39 is 0 Å². The quantitative estimate of drug-likeness (QED) is 0.667. The average Bonchev–Trinajstić information content (AvgIpc) is 2.62. The highest BCUT2D eigenvalue weighted by Gasteiger charge is 2.17. The number of hydrogen-bond acceptors (Lipinski definition) is 2. The first-order valence-corrected chi connectivity index (χ1v) is 7.12. The van der Waals surface area contributed by atoms with Gasteiger partial charge >= 0.3 is 0 Å². The van der Waals surface area contributed by atoms with Crippen molar-refractivity contribution in [3.05, 3.63) is 54.1 Å². The van der Waals surface area contributed by atoms with Crippen molar-refractivity contribution in [2.75, 3.05) is 0 Å². The Morgan fingerprint density at radius 2 is 2.06 bits per heavy atom. The number of benzene rings is 1. The normalized spacial score (nSPS) is 10.6. The second-order valence-electron chi connectivity index (χ2n) is 3.50. The molecule has 1 aromatic carbocycles. The van der Waals surface area contributed by atoms with E-state index in [1.165, 1.54) is 11.3 Å². The van der Waals surface area contributed by atoms with Crippen molar-refractivity contribution < 1.29 is 4.79 Å². The highest BCUT2D eigenvalue weighted by atomic mass is 79.9. The Balaban J connectivity index is 2.47. The molecular formula is C12H7BrCl2OS. The summed E-state index contributed by atoms with van der Waals surface area (Å²) in [5.41, 5.74) is 1.48. The van der Waals surface area contributed by atoms with E-state index in [0.29, 0.717) is 20.5 Å². The third-order valence-corrected chi connectivity index (χ3v) is 5.23. The Morgan fingerprint density at radius 3 is 2.65 bits per heavy atom. The molecule has 0 N–H and O–H groups in total. The van der Waals surface area contributed by atoms with E-state index in [0.717, 1.165) is 9.35 Å². The van der Waals surface area contributed by atoms with Gasteiger partial charge in [-0.3, -0.25) is 4.79 Å². The Morgan fingerprint density at radius 1 is 1.35 bits per heavy atom. The summed E-state index contributed by atoms with van der Waals surface area (Å²) in [6.45, 7) is 1.94. The number of thiophene rings is 1. The topological polar surface area (TPSA) is 17.1 Å². The monoisotopic (exact) mass is 348 g/mol. The molecule has 1 aromatic heterocycles. The lowest BCUT2D eigenvalue weighted by atomic mass is 10.1. The molecule has 0 aliphatic rings. The smallest absolute Gasteiger partial charge is 0.204 e. The van der Waals surface area contributed by atoms with Crippen molar-refractivity contribution in [2.45, 2.75) is 6.92 Å². The molecule has 0 amide bonds. The molecule has 0 radical (unpaired) electrons. The van der Waals surface area contributed by atoms with Crippen molar-refractivity contribution in [3.63, 3.8) is 0 Å². The summed E-state index contributed by atoms with van der Waals surface area (Å²) < 4.78 is 0.957. The van der Waals surface area contributed by atoms with Crippen LogP contribution < -0.4 is 0 Å². The molecule has 1 heterocycles. The highest BCUT2D eigenvalue weighted by molar-refractivity contribution is 9.11. The Labute approximate surface area is 121 Å². The predicted molar refractivity (Wildman–Crippen MR) is 76.7 cm³/mol. The molecule has 0 unspecified atom stereocenters. The maximum Gasteiger partial charge on any atom is 0.204 e. The van der Waals surface area contributed by atoms with Gasteiger partial charge in [-0.25, -0.2) is 0 Å². The van der Waals surface area contributed by atoms with Gasteiger partial charge in [0.05, 0.1) is 18.7 Å². The van der Waals surface area contributed by atoms with E-state index in [-0.39, 0.29) is 5.78 Å². The SMILES string of the molecule is Cc1cc(C(=O)c2cccc(Cl)c2Cl)sc1Br. The van der Waals surface area contributed by atoms with Gasteiger partial charge in [-0.1, -0.05) is 29.3 Å². The second-order valence-corrected chi connectivity index (χ2v) is 6.65. The first-order chi connectivity index (χ1) is 8.00. The summed E-state index contributed by atoms with van der Waals surface area (Å²) in [6.07, 6.45) is 0. The molecular weight excluding hydrogens is 343 g/mol. The maximum atomic E-state index is 12.2. The molecule has 17 heavy (non-hydrogen) atoms. The van der Waals surface area contributed by atoms with Crippen LogP contribution in [0.1, 0.15) is 20.8 Å². The summed E-state index contributed by atoms with van der Waals surface area (Å²) >= 11 is 16.7. The fourth-order valence-corrected chi connectivity index (χ4v) is 3.26. The summed E-state index contributed by atoms with van der Waals surface area (Å²) in [6, 6.07) is 6.90. The molecule has 2 rings (SSSR count). The number of hydrogen-bond donors (Lipinski definition) is 0. The van der Waals surface area contributed by atoms with Crippen LogP contribution in [-0.4, -0.2) is 5.78 Å². The van der Waals surface area contributed by atoms with Crippen molar-refractivity contribution in [2.24, 2.45) is 0 Å². The van der Waals surface area contributed by atoms with Crippen molar-refractivity contribution in [3.8, 4) is 0 Å². The molecule has 2 aromatic rings. The number of rotatable bonds is 2. The summed E-state index contributed by atoms with van der Waals surface area (Å²) in [7, 11) is 0. The van der Waals surface area contributed by atoms with Gasteiger partial charge in [0.1, 0.15) is 0 Å². The lowest BCUT2D eigenvalue weighted by molar-refractivity contribution is 0.104. The van der Waals surface area contributed by atoms with Gasteiger partial charge < -0.3 is 0 Å². The predicted octanol–water partition coefficient (Wildman–Crippen LogP) is 5.36. The standard InChI is InChI=1S/C12H7BrCl2OS/c1-6-5-9(17-12(6)13)11(16)7-3-2-4-8(14)10(7)15/h2-5H,1H3. The summed E-state index contributed by atoms with van der Waals surface area (Å²) in [4.78, 5) is 12.9. The van der Waals surface area contributed by atoms with Crippen molar-refractivity contribution in [1.82, 2.24) is 0 Å². The van der Waals surface area contributed by atoms with E-state index in [1.807, 2.05) is 13.0 Å². The van der Waals surface area contributed by atoms with Crippen LogP contribution in [0.4, 0.5) is 0 Å². The number of ketones is 1. The van der Waals surface area contributed by atoms with Crippen LogP contribution in [0, 0.1) is 6.92 Å². The van der Waals surface area contributed by atoms with Crippen LogP contribution in [0.2, 0.25) is 10.0 Å². The fraction of sp³-hybridized carbons (Fsp3) is 0.0833. The Kier molecular flexibility index (Phi) is 3.93. The number of aryl methyl sites for hydroxylation is 1. The molecule has 0 atom stereocenters. The molecule has 0 aliphatic heterocycles. The maximum absolute atomic E-state index is 12.2. The second kappa shape index (κ2) is 5.11. The highest BCUT2D eigenvalue weighted by Crippen LogP contribution is 2.32. The fourth-order valence-electron chi connectivity index (χ4n) is 1.38. The van der Waals surface area contributed by atoms with E-state index in [2.05, 4.69) is 15.9 Å².